The van der Waals surface area contributed by atoms with E-state index in [1.807, 2.05) is 13.0 Å². The molecular weight excluding hydrogens is 222 g/mol. The zero-order valence-electron chi connectivity index (χ0n) is 9.64. The summed E-state index contributed by atoms with van der Waals surface area (Å²) in [5.74, 6) is 1.18. The fraction of sp³-hybridized carbons (Fsp3) is 0.500. The Bertz CT molecular complexity index is 485. The Morgan fingerprint density at radius 1 is 1.44 bits per heavy atom. The third-order valence-electron chi connectivity index (χ3n) is 2.08. The molecule has 0 aliphatic heterocycles. The lowest BCUT2D eigenvalue weighted by atomic mass is 10.1. The van der Waals surface area contributed by atoms with Gasteiger partial charge in [-0.1, -0.05) is 25.2 Å². The molecule has 0 aliphatic rings. The first-order valence-electron chi connectivity index (χ1n) is 5.21. The van der Waals surface area contributed by atoms with Gasteiger partial charge < -0.3 is 5.73 Å². The number of hydrogen-bond donors (Lipinski definition) is 1. The SMILES string of the molecule is Cc1cc(N)n(-c2nnc(CC(C)C)s2)n1. The first-order valence-corrected chi connectivity index (χ1v) is 6.03. The van der Waals surface area contributed by atoms with Crippen molar-refractivity contribution >= 4 is 17.2 Å². The fourth-order valence-corrected chi connectivity index (χ4v) is 2.46. The number of anilines is 1. The van der Waals surface area contributed by atoms with Gasteiger partial charge in [0.2, 0.25) is 5.13 Å². The number of rotatable bonds is 3. The van der Waals surface area contributed by atoms with Crippen molar-refractivity contribution in [1.29, 1.82) is 0 Å². The lowest BCUT2D eigenvalue weighted by molar-refractivity contribution is 0.639. The predicted molar refractivity (Wildman–Crippen MR) is 64.7 cm³/mol. The zero-order valence-corrected chi connectivity index (χ0v) is 10.5. The smallest absolute Gasteiger partial charge is 0.234 e. The minimum absolute atomic E-state index is 0.581. The normalized spacial score (nSPS) is 11.2. The van der Waals surface area contributed by atoms with E-state index in [1.54, 1.807) is 16.0 Å². The molecule has 2 aromatic heterocycles. The Morgan fingerprint density at radius 3 is 2.75 bits per heavy atom. The van der Waals surface area contributed by atoms with Crippen molar-refractivity contribution in [3.05, 3.63) is 16.8 Å². The van der Waals surface area contributed by atoms with Crippen molar-refractivity contribution in [2.45, 2.75) is 27.2 Å². The summed E-state index contributed by atoms with van der Waals surface area (Å²) in [5.41, 5.74) is 6.71. The second-order valence-corrected chi connectivity index (χ2v) is 5.24. The molecule has 2 N–H and O–H groups in total. The van der Waals surface area contributed by atoms with Gasteiger partial charge in [0.25, 0.3) is 0 Å². The maximum Gasteiger partial charge on any atom is 0.234 e. The van der Waals surface area contributed by atoms with E-state index in [1.165, 1.54) is 0 Å². The number of nitrogen functional groups attached to an aromatic ring is 1. The number of hydrogen-bond acceptors (Lipinski definition) is 5. The van der Waals surface area contributed by atoms with Crippen LogP contribution in [0.4, 0.5) is 5.82 Å². The van der Waals surface area contributed by atoms with Crippen LogP contribution in [0.1, 0.15) is 24.5 Å². The van der Waals surface area contributed by atoms with Gasteiger partial charge in [0.15, 0.2) is 0 Å². The number of nitrogens with zero attached hydrogens (tertiary/aromatic N) is 4. The van der Waals surface area contributed by atoms with Crippen molar-refractivity contribution < 1.29 is 0 Å². The highest BCUT2D eigenvalue weighted by atomic mass is 32.1. The topological polar surface area (TPSA) is 69.6 Å². The summed E-state index contributed by atoms with van der Waals surface area (Å²) in [6.07, 6.45) is 0.942. The maximum atomic E-state index is 5.82. The monoisotopic (exact) mass is 237 g/mol. The minimum Gasteiger partial charge on any atom is -0.383 e. The average Bonchev–Trinajstić information content (AvgIpc) is 2.72. The molecule has 0 saturated carbocycles. The maximum absolute atomic E-state index is 5.82. The molecule has 0 unspecified atom stereocenters. The van der Waals surface area contributed by atoms with Crippen molar-refractivity contribution in [2.24, 2.45) is 5.92 Å². The van der Waals surface area contributed by atoms with E-state index in [-0.39, 0.29) is 0 Å². The van der Waals surface area contributed by atoms with Crippen LogP contribution in [0.2, 0.25) is 0 Å². The van der Waals surface area contributed by atoms with Gasteiger partial charge in [0.05, 0.1) is 5.69 Å². The molecule has 0 aliphatic carbocycles. The van der Waals surface area contributed by atoms with Crippen LogP contribution in [0, 0.1) is 12.8 Å². The second-order valence-electron chi connectivity index (χ2n) is 4.20. The van der Waals surface area contributed by atoms with Gasteiger partial charge in [-0.05, 0) is 12.8 Å². The summed E-state index contributed by atoms with van der Waals surface area (Å²) in [7, 11) is 0. The quantitative estimate of drug-likeness (QED) is 0.884. The van der Waals surface area contributed by atoms with Crippen LogP contribution in [-0.4, -0.2) is 20.0 Å². The summed E-state index contributed by atoms with van der Waals surface area (Å²) >= 11 is 1.54. The Labute approximate surface area is 98.3 Å². The highest BCUT2D eigenvalue weighted by Gasteiger charge is 2.11. The minimum atomic E-state index is 0.581. The van der Waals surface area contributed by atoms with Crippen LogP contribution in [0.25, 0.3) is 5.13 Å². The first kappa shape index (κ1) is 11.1. The Hall–Kier alpha value is -1.43. The molecule has 0 spiro atoms. The molecule has 0 bridgehead atoms. The Balaban J connectivity index is 2.28. The summed E-state index contributed by atoms with van der Waals surface area (Å²) in [5, 5.41) is 14.3. The molecule has 0 fully saturated rings. The lowest BCUT2D eigenvalue weighted by Gasteiger charge is -1.98. The highest BCUT2D eigenvalue weighted by Crippen LogP contribution is 2.20. The summed E-state index contributed by atoms with van der Waals surface area (Å²) < 4.78 is 1.64. The largest absolute Gasteiger partial charge is 0.383 e. The number of nitrogens with two attached hydrogens (primary N) is 1. The molecule has 2 aromatic rings. The molecule has 16 heavy (non-hydrogen) atoms. The fourth-order valence-electron chi connectivity index (χ4n) is 1.43. The molecular formula is C10H15N5S. The van der Waals surface area contributed by atoms with E-state index in [4.69, 9.17) is 5.73 Å². The van der Waals surface area contributed by atoms with E-state index in [0.29, 0.717) is 11.7 Å². The predicted octanol–water partition coefficient (Wildman–Crippen LogP) is 1.81. The molecule has 5 nitrogen and oxygen atoms in total. The van der Waals surface area contributed by atoms with Crippen molar-refractivity contribution in [2.75, 3.05) is 5.73 Å². The molecule has 0 amide bonds. The molecule has 2 heterocycles. The van der Waals surface area contributed by atoms with Gasteiger partial charge in [-0.25, -0.2) is 0 Å². The lowest BCUT2D eigenvalue weighted by Crippen LogP contribution is -2.00. The third-order valence-corrected chi connectivity index (χ3v) is 3.00. The molecule has 2 rings (SSSR count). The summed E-state index contributed by atoms with van der Waals surface area (Å²) in [6.45, 7) is 6.23. The highest BCUT2D eigenvalue weighted by molar-refractivity contribution is 7.13. The van der Waals surface area contributed by atoms with E-state index in [0.717, 1.165) is 22.3 Å². The van der Waals surface area contributed by atoms with Gasteiger partial charge in [0, 0.05) is 12.5 Å². The van der Waals surface area contributed by atoms with Gasteiger partial charge >= 0.3 is 0 Å². The van der Waals surface area contributed by atoms with Crippen LogP contribution < -0.4 is 5.73 Å². The standard InChI is InChI=1S/C10H15N5S/c1-6(2)4-9-12-13-10(16-9)15-8(11)5-7(3)14-15/h5-6H,4,11H2,1-3H3. The Kier molecular flexibility index (Phi) is 2.91. The molecule has 6 heteroatoms. The van der Waals surface area contributed by atoms with E-state index < -0.39 is 0 Å². The molecule has 0 radical (unpaired) electrons. The summed E-state index contributed by atoms with van der Waals surface area (Å²) in [4.78, 5) is 0. The van der Waals surface area contributed by atoms with Crippen molar-refractivity contribution in [3.63, 3.8) is 0 Å². The van der Waals surface area contributed by atoms with Gasteiger partial charge in [0.1, 0.15) is 10.8 Å². The van der Waals surface area contributed by atoms with Crippen molar-refractivity contribution in [3.8, 4) is 5.13 Å². The molecule has 0 aromatic carbocycles. The Morgan fingerprint density at radius 2 is 2.19 bits per heavy atom. The van der Waals surface area contributed by atoms with E-state index >= 15 is 0 Å². The van der Waals surface area contributed by atoms with Crippen molar-refractivity contribution in [1.82, 2.24) is 20.0 Å². The van der Waals surface area contributed by atoms with Crippen LogP contribution in [0.15, 0.2) is 6.07 Å². The van der Waals surface area contributed by atoms with Gasteiger partial charge in [-0.3, -0.25) is 0 Å². The summed E-state index contributed by atoms with van der Waals surface area (Å²) in [6, 6.07) is 1.82. The number of aryl methyl sites for hydroxylation is 1. The average molecular weight is 237 g/mol. The molecule has 0 atom stereocenters. The molecule has 0 saturated heterocycles. The van der Waals surface area contributed by atoms with Crippen LogP contribution in [-0.2, 0) is 6.42 Å². The van der Waals surface area contributed by atoms with Crippen LogP contribution in [0.3, 0.4) is 0 Å². The van der Waals surface area contributed by atoms with Gasteiger partial charge in [-0.15, -0.1) is 10.2 Å². The van der Waals surface area contributed by atoms with Gasteiger partial charge in [-0.2, -0.15) is 9.78 Å². The second kappa shape index (κ2) is 4.21. The zero-order chi connectivity index (χ0) is 11.7. The third kappa shape index (κ3) is 2.21. The van der Waals surface area contributed by atoms with Crippen LogP contribution in [0.5, 0.6) is 0 Å². The number of aromatic nitrogens is 4. The van der Waals surface area contributed by atoms with E-state index in [9.17, 15) is 0 Å². The van der Waals surface area contributed by atoms with Crippen LogP contribution >= 0.6 is 11.3 Å². The first-order chi connectivity index (χ1) is 7.56. The molecule has 86 valence electrons. The van der Waals surface area contributed by atoms with E-state index in [2.05, 4.69) is 29.1 Å².